The van der Waals surface area contributed by atoms with Crippen molar-refractivity contribution in [1.82, 2.24) is 20.2 Å². The van der Waals surface area contributed by atoms with Crippen LogP contribution in [0.3, 0.4) is 0 Å². The van der Waals surface area contributed by atoms with E-state index in [0.29, 0.717) is 17.2 Å². The minimum atomic E-state index is -0.535. The van der Waals surface area contributed by atoms with Gasteiger partial charge in [-0.05, 0) is 44.2 Å². The molecular formula is C21H23N5O2. The highest BCUT2D eigenvalue weighted by Crippen LogP contribution is 2.29. The van der Waals surface area contributed by atoms with E-state index in [-0.39, 0.29) is 0 Å². The van der Waals surface area contributed by atoms with Gasteiger partial charge >= 0.3 is 5.69 Å². The molecule has 1 unspecified atom stereocenters. The summed E-state index contributed by atoms with van der Waals surface area (Å²) in [5.41, 5.74) is 4.23. The van der Waals surface area contributed by atoms with Gasteiger partial charge in [-0.25, -0.2) is 4.79 Å². The highest BCUT2D eigenvalue weighted by atomic mass is 16.2. The molecule has 1 aliphatic rings. The van der Waals surface area contributed by atoms with E-state index in [2.05, 4.69) is 56.3 Å². The summed E-state index contributed by atoms with van der Waals surface area (Å²) in [7, 11) is 0. The van der Waals surface area contributed by atoms with Gasteiger partial charge in [0.15, 0.2) is 0 Å². The normalized spacial score (nSPS) is 16.5. The van der Waals surface area contributed by atoms with Gasteiger partial charge < -0.3 is 9.88 Å². The van der Waals surface area contributed by atoms with E-state index in [9.17, 15) is 9.59 Å². The molecule has 144 valence electrons. The summed E-state index contributed by atoms with van der Waals surface area (Å²) in [5.74, 6) is 0.579. The summed E-state index contributed by atoms with van der Waals surface area (Å²) in [6, 6.07) is 10.6. The molecule has 0 bridgehead atoms. The Morgan fingerprint density at radius 2 is 1.93 bits per heavy atom. The molecule has 0 amide bonds. The summed E-state index contributed by atoms with van der Waals surface area (Å²) in [4.78, 5) is 30.4. The van der Waals surface area contributed by atoms with Crippen LogP contribution < -0.4 is 16.1 Å². The van der Waals surface area contributed by atoms with Crippen LogP contribution in [0.15, 0.2) is 46.1 Å². The molecule has 1 aliphatic heterocycles. The van der Waals surface area contributed by atoms with Gasteiger partial charge in [0, 0.05) is 19.3 Å². The first-order chi connectivity index (χ1) is 13.5. The Kier molecular flexibility index (Phi) is 4.81. The van der Waals surface area contributed by atoms with Gasteiger partial charge in [-0.3, -0.25) is 9.78 Å². The second kappa shape index (κ2) is 7.42. The van der Waals surface area contributed by atoms with Gasteiger partial charge in [0.2, 0.25) is 0 Å². The van der Waals surface area contributed by atoms with Gasteiger partial charge in [-0.2, -0.15) is 5.10 Å². The molecule has 1 atom stereocenters. The number of nitrogens with one attached hydrogen (secondary N) is 2. The van der Waals surface area contributed by atoms with Crippen molar-refractivity contribution in [2.45, 2.75) is 26.7 Å². The number of H-pyrrole nitrogens is 2. The minimum Gasteiger partial charge on any atom is -0.370 e. The molecule has 0 aliphatic carbocycles. The predicted octanol–water partition coefficient (Wildman–Crippen LogP) is 2.21. The maximum Gasteiger partial charge on any atom is 0.325 e. The number of nitrogens with zero attached hydrogens (tertiary/aromatic N) is 3. The van der Waals surface area contributed by atoms with Crippen LogP contribution in [0.25, 0.3) is 11.3 Å². The standard InChI is InChI=1S/C21H23N5O2/c1-13-3-5-15(6-4-13)9-16-7-8-26(12-16)19-10-18(25-24-14(19)2)17-11-22-21(28)23-20(17)27/h3-6,10-11,16H,7-9,12H2,1-2H3,(H2,22,23,27,28). The van der Waals surface area contributed by atoms with Crippen molar-refractivity contribution in [3.63, 3.8) is 0 Å². The Balaban J connectivity index is 1.55. The van der Waals surface area contributed by atoms with Crippen molar-refractivity contribution in [2.24, 2.45) is 5.92 Å². The minimum absolute atomic E-state index is 0.309. The summed E-state index contributed by atoms with van der Waals surface area (Å²) in [6.45, 7) is 5.92. The van der Waals surface area contributed by atoms with Crippen LogP contribution in [0.4, 0.5) is 5.69 Å². The molecule has 3 heterocycles. The molecular weight excluding hydrogens is 354 g/mol. The van der Waals surface area contributed by atoms with Crippen molar-refractivity contribution in [2.75, 3.05) is 18.0 Å². The number of benzene rings is 1. The molecule has 7 heteroatoms. The highest BCUT2D eigenvalue weighted by Gasteiger charge is 2.25. The van der Waals surface area contributed by atoms with Crippen molar-refractivity contribution in [1.29, 1.82) is 0 Å². The van der Waals surface area contributed by atoms with Crippen LogP contribution in [-0.4, -0.2) is 33.3 Å². The van der Waals surface area contributed by atoms with Gasteiger partial charge in [0.25, 0.3) is 5.56 Å². The fourth-order valence-electron chi connectivity index (χ4n) is 3.77. The van der Waals surface area contributed by atoms with Crippen LogP contribution in [0.5, 0.6) is 0 Å². The van der Waals surface area contributed by atoms with E-state index < -0.39 is 11.2 Å². The maximum atomic E-state index is 12.1. The van der Waals surface area contributed by atoms with Crippen molar-refractivity contribution in [3.05, 3.63) is 74.2 Å². The SMILES string of the molecule is Cc1ccc(CC2CCN(c3cc(-c4c[nH]c(=O)[nH]c4=O)nnc3C)C2)cc1. The van der Waals surface area contributed by atoms with E-state index in [1.54, 1.807) is 0 Å². The third-order valence-corrected chi connectivity index (χ3v) is 5.32. The molecule has 1 saturated heterocycles. The number of aryl methyl sites for hydroxylation is 2. The third kappa shape index (κ3) is 3.74. The molecule has 2 N–H and O–H groups in total. The number of hydrogen-bond acceptors (Lipinski definition) is 5. The van der Waals surface area contributed by atoms with Crippen LogP contribution in [-0.2, 0) is 6.42 Å². The van der Waals surface area contributed by atoms with E-state index in [1.807, 2.05) is 13.0 Å². The monoisotopic (exact) mass is 377 g/mol. The van der Waals surface area contributed by atoms with Crippen molar-refractivity contribution in [3.8, 4) is 11.3 Å². The first-order valence-corrected chi connectivity index (χ1v) is 9.47. The Morgan fingerprint density at radius 1 is 1.14 bits per heavy atom. The lowest BCUT2D eigenvalue weighted by Crippen LogP contribution is -2.24. The molecule has 0 spiro atoms. The summed E-state index contributed by atoms with van der Waals surface area (Å²) in [5, 5.41) is 8.39. The zero-order chi connectivity index (χ0) is 19.7. The fraction of sp³-hybridized carbons (Fsp3) is 0.333. The topological polar surface area (TPSA) is 94.7 Å². The van der Waals surface area contributed by atoms with Gasteiger partial charge in [0.1, 0.15) is 5.69 Å². The number of aromatic amines is 2. The van der Waals surface area contributed by atoms with Crippen LogP contribution in [0.1, 0.15) is 23.2 Å². The lowest BCUT2D eigenvalue weighted by Gasteiger charge is -2.20. The Bertz CT molecular complexity index is 1100. The van der Waals surface area contributed by atoms with E-state index >= 15 is 0 Å². The number of hydrogen-bond donors (Lipinski definition) is 2. The molecule has 3 aromatic rings. The lowest BCUT2D eigenvalue weighted by atomic mass is 9.98. The van der Waals surface area contributed by atoms with E-state index in [0.717, 1.165) is 37.3 Å². The largest absolute Gasteiger partial charge is 0.370 e. The molecule has 1 fully saturated rings. The zero-order valence-electron chi connectivity index (χ0n) is 16.0. The number of rotatable bonds is 4. The van der Waals surface area contributed by atoms with Crippen molar-refractivity contribution < 1.29 is 0 Å². The Labute approximate surface area is 162 Å². The smallest absolute Gasteiger partial charge is 0.325 e. The molecule has 7 nitrogen and oxygen atoms in total. The zero-order valence-corrected chi connectivity index (χ0v) is 16.0. The number of aromatic nitrogens is 4. The second-order valence-corrected chi connectivity index (χ2v) is 7.48. The summed E-state index contributed by atoms with van der Waals surface area (Å²) in [6.07, 6.45) is 3.56. The Hall–Kier alpha value is -3.22. The molecule has 4 rings (SSSR count). The predicted molar refractivity (Wildman–Crippen MR) is 109 cm³/mol. The molecule has 28 heavy (non-hydrogen) atoms. The number of anilines is 1. The lowest BCUT2D eigenvalue weighted by molar-refractivity contribution is 0.586. The maximum absolute atomic E-state index is 12.1. The van der Waals surface area contributed by atoms with Gasteiger partial charge in [0.05, 0.1) is 16.9 Å². The molecule has 1 aromatic carbocycles. The summed E-state index contributed by atoms with van der Waals surface area (Å²) >= 11 is 0. The van der Waals surface area contributed by atoms with Crippen LogP contribution in [0.2, 0.25) is 0 Å². The first-order valence-electron chi connectivity index (χ1n) is 9.47. The van der Waals surface area contributed by atoms with Gasteiger partial charge in [-0.15, -0.1) is 5.10 Å². The second-order valence-electron chi connectivity index (χ2n) is 7.48. The van der Waals surface area contributed by atoms with Crippen LogP contribution >= 0.6 is 0 Å². The fourth-order valence-corrected chi connectivity index (χ4v) is 3.77. The van der Waals surface area contributed by atoms with Gasteiger partial charge in [-0.1, -0.05) is 29.8 Å². The molecule has 0 radical (unpaired) electrons. The average molecular weight is 377 g/mol. The first kappa shape index (κ1) is 18.2. The molecule has 2 aromatic heterocycles. The average Bonchev–Trinajstić information content (AvgIpc) is 3.13. The van der Waals surface area contributed by atoms with E-state index in [1.165, 1.54) is 17.3 Å². The van der Waals surface area contributed by atoms with Crippen LogP contribution in [0, 0.1) is 19.8 Å². The van der Waals surface area contributed by atoms with E-state index in [4.69, 9.17) is 0 Å². The summed E-state index contributed by atoms with van der Waals surface area (Å²) < 4.78 is 0. The highest BCUT2D eigenvalue weighted by molar-refractivity contribution is 5.64. The molecule has 0 saturated carbocycles. The quantitative estimate of drug-likeness (QED) is 0.727. The van der Waals surface area contributed by atoms with Crippen molar-refractivity contribution >= 4 is 5.69 Å². The third-order valence-electron chi connectivity index (χ3n) is 5.32. The Morgan fingerprint density at radius 3 is 2.68 bits per heavy atom.